The summed E-state index contributed by atoms with van der Waals surface area (Å²) in [5.74, 6) is 0. The van der Waals surface area contributed by atoms with Crippen molar-refractivity contribution in [3.8, 4) is 0 Å². The Kier molecular flexibility index (Phi) is 4.77. The highest BCUT2D eigenvalue weighted by Crippen LogP contribution is 2.36. The molecule has 0 bridgehead atoms. The molecule has 1 N–H and O–H groups in total. The summed E-state index contributed by atoms with van der Waals surface area (Å²) < 4.78 is 0. The number of fused-ring (bicyclic) bond motifs is 1. The summed E-state index contributed by atoms with van der Waals surface area (Å²) in [5, 5.41) is 4.92. The Labute approximate surface area is 122 Å². The van der Waals surface area contributed by atoms with Crippen molar-refractivity contribution >= 4 is 10.9 Å². The molecule has 1 heterocycles. The van der Waals surface area contributed by atoms with Crippen LogP contribution in [-0.2, 0) is 0 Å². The van der Waals surface area contributed by atoms with E-state index in [1.54, 1.807) is 0 Å². The van der Waals surface area contributed by atoms with E-state index in [1.807, 2.05) is 12.3 Å². The molecule has 0 aliphatic carbocycles. The van der Waals surface area contributed by atoms with Crippen molar-refractivity contribution in [2.75, 3.05) is 6.54 Å². The lowest BCUT2D eigenvalue weighted by atomic mass is 9.78. The molecule has 0 aliphatic heterocycles. The van der Waals surface area contributed by atoms with Gasteiger partial charge in [-0.05, 0) is 42.5 Å². The third-order valence-electron chi connectivity index (χ3n) is 4.24. The van der Waals surface area contributed by atoms with E-state index >= 15 is 0 Å². The van der Waals surface area contributed by atoms with Crippen molar-refractivity contribution in [1.82, 2.24) is 10.3 Å². The Bertz CT molecular complexity index is 560. The van der Waals surface area contributed by atoms with Crippen molar-refractivity contribution < 1.29 is 0 Å². The molecule has 20 heavy (non-hydrogen) atoms. The average Bonchev–Trinajstić information content (AvgIpc) is 2.47. The molecule has 108 valence electrons. The van der Waals surface area contributed by atoms with Crippen LogP contribution in [0.1, 0.15) is 52.1 Å². The summed E-state index contributed by atoms with van der Waals surface area (Å²) in [4.78, 5) is 4.62. The van der Waals surface area contributed by atoms with E-state index in [-0.39, 0.29) is 5.41 Å². The molecular formula is C18H26N2. The molecule has 0 saturated carbocycles. The minimum atomic E-state index is 0.222. The first-order valence-corrected chi connectivity index (χ1v) is 7.66. The monoisotopic (exact) mass is 270 g/mol. The van der Waals surface area contributed by atoms with Crippen LogP contribution in [0, 0.1) is 5.41 Å². The number of para-hydroxylation sites is 1. The van der Waals surface area contributed by atoms with E-state index in [0.29, 0.717) is 6.04 Å². The lowest BCUT2D eigenvalue weighted by Crippen LogP contribution is -2.34. The van der Waals surface area contributed by atoms with Crippen LogP contribution < -0.4 is 5.32 Å². The van der Waals surface area contributed by atoms with Crippen LogP contribution in [-0.4, -0.2) is 11.5 Å². The van der Waals surface area contributed by atoms with Crippen LogP contribution in [0.5, 0.6) is 0 Å². The summed E-state index contributed by atoms with van der Waals surface area (Å²) in [5.41, 5.74) is 2.59. The van der Waals surface area contributed by atoms with Gasteiger partial charge in [0.1, 0.15) is 0 Å². The van der Waals surface area contributed by atoms with Crippen LogP contribution in [0.25, 0.3) is 10.9 Å². The number of rotatable bonds is 6. The maximum absolute atomic E-state index is 4.62. The largest absolute Gasteiger partial charge is 0.309 e. The molecule has 0 aliphatic rings. The fourth-order valence-electron chi connectivity index (χ4n) is 2.58. The highest BCUT2D eigenvalue weighted by atomic mass is 14.9. The topological polar surface area (TPSA) is 24.9 Å². The van der Waals surface area contributed by atoms with Crippen LogP contribution in [0.4, 0.5) is 0 Å². The number of aromatic nitrogens is 1. The number of nitrogens with zero attached hydrogens (tertiary/aromatic N) is 1. The van der Waals surface area contributed by atoms with Gasteiger partial charge in [0.15, 0.2) is 0 Å². The maximum atomic E-state index is 4.62. The van der Waals surface area contributed by atoms with E-state index in [9.17, 15) is 0 Å². The molecule has 0 amide bonds. The van der Waals surface area contributed by atoms with Crippen molar-refractivity contribution in [2.24, 2.45) is 5.41 Å². The molecule has 2 heteroatoms. The summed E-state index contributed by atoms with van der Waals surface area (Å²) in [6.45, 7) is 10.2. The Morgan fingerprint density at radius 2 is 1.95 bits per heavy atom. The van der Waals surface area contributed by atoms with Gasteiger partial charge in [-0.15, -0.1) is 0 Å². The Hall–Kier alpha value is -1.41. The number of hydrogen-bond donors (Lipinski definition) is 1. The summed E-state index contributed by atoms with van der Waals surface area (Å²) in [6.07, 6.45) is 4.32. The number of hydrogen-bond acceptors (Lipinski definition) is 2. The Morgan fingerprint density at radius 1 is 1.20 bits per heavy atom. The third-order valence-corrected chi connectivity index (χ3v) is 4.24. The quantitative estimate of drug-likeness (QED) is 0.822. The van der Waals surface area contributed by atoms with Gasteiger partial charge in [0.25, 0.3) is 0 Å². The van der Waals surface area contributed by atoms with Crippen LogP contribution in [0.15, 0.2) is 36.5 Å². The first-order valence-electron chi connectivity index (χ1n) is 7.66. The standard InChI is InChI=1S/C18H26N2/c1-5-11-19-17(18(3,4)6-2)15-12-14-9-7-8-10-16(14)20-13-15/h7-10,12-13,17,19H,5-6,11H2,1-4H3. The van der Waals surface area contributed by atoms with Gasteiger partial charge < -0.3 is 5.32 Å². The molecule has 2 rings (SSSR count). The second kappa shape index (κ2) is 6.36. The summed E-state index contributed by atoms with van der Waals surface area (Å²) in [6, 6.07) is 11.0. The second-order valence-corrected chi connectivity index (χ2v) is 6.19. The molecular weight excluding hydrogens is 244 g/mol. The molecule has 2 aromatic rings. The highest BCUT2D eigenvalue weighted by Gasteiger charge is 2.28. The number of benzene rings is 1. The summed E-state index contributed by atoms with van der Waals surface area (Å²) in [7, 11) is 0. The smallest absolute Gasteiger partial charge is 0.0702 e. The normalized spacial score (nSPS) is 13.6. The first-order chi connectivity index (χ1) is 9.58. The van der Waals surface area contributed by atoms with E-state index in [0.717, 1.165) is 24.9 Å². The Morgan fingerprint density at radius 3 is 2.65 bits per heavy atom. The molecule has 0 spiro atoms. The van der Waals surface area contributed by atoms with E-state index < -0.39 is 0 Å². The van der Waals surface area contributed by atoms with E-state index in [1.165, 1.54) is 10.9 Å². The van der Waals surface area contributed by atoms with Gasteiger partial charge >= 0.3 is 0 Å². The van der Waals surface area contributed by atoms with Gasteiger partial charge in [0.2, 0.25) is 0 Å². The lowest BCUT2D eigenvalue weighted by molar-refractivity contribution is 0.234. The van der Waals surface area contributed by atoms with Crippen molar-refractivity contribution in [1.29, 1.82) is 0 Å². The minimum Gasteiger partial charge on any atom is -0.309 e. The van der Waals surface area contributed by atoms with Crippen molar-refractivity contribution in [3.05, 3.63) is 42.1 Å². The molecule has 0 fully saturated rings. The molecule has 1 aromatic carbocycles. The molecule has 1 unspecified atom stereocenters. The van der Waals surface area contributed by atoms with Gasteiger partial charge in [-0.1, -0.05) is 45.9 Å². The molecule has 1 atom stereocenters. The zero-order valence-corrected chi connectivity index (χ0v) is 13.1. The number of nitrogens with one attached hydrogen (secondary N) is 1. The molecule has 0 saturated heterocycles. The molecule has 2 nitrogen and oxygen atoms in total. The maximum Gasteiger partial charge on any atom is 0.0702 e. The fourth-order valence-corrected chi connectivity index (χ4v) is 2.58. The number of pyridine rings is 1. The predicted molar refractivity (Wildman–Crippen MR) is 86.8 cm³/mol. The van der Waals surface area contributed by atoms with Gasteiger partial charge in [-0.2, -0.15) is 0 Å². The van der Waals surface area contributed by atoms with Gasteiger partial charge in [-0.3, -0.25) is 4.98 Å². The SMILES string of the molecule is CCCNC(c1cnc2ccccc2c1)C(C)(C)CC. The van der Waals surface area contributed by atoms with Crippen LogP contribution in [0.2, 0.25) is 0 Å². The lowest BCUT2D eigenvalue weighted by Gasteiger charge is -2.34. The van der Waals surface area contributed by atoms with E-state index in [2.05, 4.69) is 62.3 Å². The average molecular weight is 270 g/mol. The van der Waals surface area contributed by atoms with E-state index in [4.69, 9.17) is 0 Å². The summed E-state index contributed by atoms with van der Waals surface area (Å²) >= 11 is 0. The second-order valence-electron chi connectivity index (χ2n) is 6.19. The Balaban J connectivity index is 2.39. The molecule has 1 aromatic heterocycles. The fraction of sp³-hybridized carbons (Fsp3) is 0.500. The van der Waals surface area contributed by atoms with Gasteiger partial charge in [-0.25, -0.2) is 0 Å². The minimum absolute atomic E-state index is 0.222. The van der Waals surface area contributed by atoms with Gasteiger partial charge in [0.05, 0.1) is 5.52 Å². The van der Waals surface area contributed by atoms with Crippen LogP contribution in [0.3, 0.4) is 0 Å². The predicted octanol–water partition coefficient (Wildman–Crippen LogP) is 4.71. The third kappa shape index (κ3) is 3.18. The highest BCUT2D eigenvalue weighted by molar-refractivity contribution is 5.78. The van der Waals surface area contributed by atoms with Crippen molar-refractivity contribution in [3.63, 3.8) is 0 Å². The zero-order chi connectivity index (χ0) is 14.6. The van der Waals surface area contributed by atoms with Crippen molar-refractivity contribution in [2.45, 2.75) is 46.6 Å². The van der Waals surface area contributed by atoms with Gasteiger partial charge in [0, 0.05) is 17.6 Å². The molecule has 0 radical (unpaired) electrons. The zero-order valence-electron chi connectivity index (χ0n) is 13.1. The first kappa shape index (κ1) is 15.0. The van der Waals surface area contributed by atoms with Crippen LogP contribution >= 0.6 is 0 Å².